The quantitative estimate of drug-likeness (QED) is 0.838. The molecule has 2 atom stereocenters. The fourth-order valence-corrected chi connectivity index (χ4v) is 3.08. The molecule has 0 saturated heterocycles. The van der Waals surface area contributed by atoms with Gasteiger partial charge in [0.15, 0.2) is 0 Å². The van der Waals surface area contributed by atoms with Gasteiger partial charge in [0.05, 0.1) is 0 Å². The summed E-state index contributed by atoms with van der Waals surface area (Å²) in [7, 11) is 0. The Bertz CT molecular complexity index is 408. The molecule has 1 N–H and O–H groups in total. The van der Waals surface area contributed by atoms with Crippen molar-refractivity contribution in [3.05, 3.63) is 34.4 Å². The maximum Gasteiger partial charge on any atom is 0.0210 e. The van der Waals surface area contributed by atoms with Crippen LogP contribution in [0.1, 0.15) is 54.9 Å². The Hall–Kier alpha value is -0.820. The Morgan fingerprint density at radius 3 is 2.50 bits per heavy atom. The van der Waals surface area contributed by atoms with Crippen LogP contribution in [0.2, 0.25) is 0 Å². The zero-order valence-electron chi connectivity index (χ0n) is 12.3. The molecule has 0 aromatic heterocycles. The second kappa shape index (κ2) is 5.88. The molecule has 0 spiro atoms. The smallest absolute Gasteiger partial charge is 0.0210 e. The highest BCUT2D eigenvalue weighted by Gasteiger charge is 2.18. The summed E-state index contributed by atoms with van der Waals surface area (Å²) >= 11 is 0. The molecule has 1 saturated carbocycles. The number of hydrogen-bond donors (Lipinski definition) is 1. The minimum Gasteiger partial charge on any atom is -0.310 e. The zero-order chi connectivity index (χ0) is 13.1. The van der Waals surface area contributed by atoms with Gasteiger partial charge >= 0.3 is 0 Å². The maximum atomic E-state index is 3.76. The average molecular weight is 245 g/mol. The molecule has 1 heteroatoms. The highest BCUT2D eigenvalue weighted by molar-refractivity contribution is 5.36. The summed E-state index contributed by atoms with van der Waals surface area (Å²) in [4.78, 5) is 0. The Morgan fingerprint density at radius 1 is 1.06 bits per heavy atom. The fourth-order valence-electron chi connectivity index (χ4n) is 3.08. The van der Waals surface area contributed by atoms with Gasteiger partial charge < -0.3 is 5.32 Å². The molecule has 0 aliphatic heterocycles. The van der Waals surface area contributed by atoms with E-state index in [1.165, 1.54) is 47.9 Å². The number of rotatable bonds is 3. The molecule has 0 radical (unpaired) electrons. The van der Waals surface area contributed by atoms with E-state index in [-0.39, 0.29) is 0 Å². The molecule has 1 aliphatic rings. The maximum absolute atomic E-state index is 3.76. The third-order valence-corrected chi connectivity index (χ3v) is 4.47. The Labute approximate surface area is 112 Å². The standard InChI is InChI=1S/C17H27N/c1-12-6-5-7-17(8-12)18-11-16-10-14(3)13(2)9-15(16)4/h9-10,12,17-18H,5-8,11H2,1-4H3. The normalized spacial score (nSPS) is 24.2. The van der Waals surface area contributed by atoms with E-state index in [0.717, 1.165) is 18.5 Å². The average Bonchev–Trinajstić information content (AvgIpc) is 2.32. The van der Waals surface area contributed by atoms with Crippen molar-refractivity contribution in [3.63, 3.8) is 0 Å². The minimum absolute atomic E-state index is 0.731. The molecule has 1 aliphatic carbocycles. The van der Waals surface area contributed by atoms with Crippen LogP contribution in [-0.2, 0) is 6.54 Å². The summed E-state index contributed by atoms with van der Waals surface area (Å²) in [6.07, 6.45) is 5.52. The van der Waals surface area contributed by atoms with Crippen molar-refractivity contribution in [1.29, 1.82) is 0 Å². The van der Waals surface area contributed by atoms with E-state index in [2.05, 4.69) is 45.1 Å². The molecule has 1 aromatic rings. The molecule has 2 rings (SSSR count). The molecule has 0 amide bonds. The van der Waals surface area contributed by atoms with Gasteiger partial charge in [-0.2, -0.15) is 0 Å². The molecule has 2 unspecified atom stereocenters. The second-order valence-electron chi connectivity index (χ2n) is 6.21. The molecule has 100 valence electrons. The highest BCUT2D eigenvalue weighted by atomic mass is 14.9. The second-order valence-corrected chi connectivity index (χ2v) is 6.21. The first-order chi connectivity index (χ1) is 8.56. The van der Waals surface area contributed by atoms with Crippen molar-refractivity contribution in [1.82, 2.24) is 5.32 Å². The lowest BCUT2D eigenvalue weighted by Crippen LogP contribution is -2.33. The molecule has 0 bridgehead atoms. The lowest BCUT2D eigenvalue weighted by Gasteiger charge is -2.28. The Balaban J connectivity index is 1.95. The molecule has 1 nitrogen and oxygen atoms in total. The SMILES string of the molecule is Cc1cc(C)c(CNC2CCCC(C)C2)cc1C. The predicted octanol–water partition coefficient (Wildman–Crippen LogP) is 4.28. The van der Waals surface area contributed by atoms with Gasteiger partial charge in [0.25, 0.3) is 0 Å². The van der Waals surface area contributed by atoms with E-state index in [9.17, 15) is 0 Å². The summed E-state index contributed by atoms with van der Waals surface area (Å²) in [6, 6.07) is 5.40. The van der Waals surface area contributed by atoms with Crippen molar-refractivity contribution >= 4 is 0 Å². The van der Waals surface area contributed by atoms with Crippen LogP contribution < -0.4 is 5.32 Å². The predicted molar refractivity (Wildman–Crippen MR) is 78.9 cm³/mol. The van der Waals surface area contributed by atoms with Crippen LogP contribution in [0, 0.1) is 26.7 Å². The molecule has 1 aromatic carbocycles. The van der Waals surface area contributed by atoms with Crippen molar-refractivity contribution in [2.24, 2.45) is 5.92 Å². The lowest BCUT2D eigenvalue weighted by atomic mass is 9.87. The zero-order valence-corrected chi connectivity index (χ0v) is 12.3. The highest BCUT2D eigenvalue weighted by Crippen LogP contribution is 2.24. The van der Waals surface area contributed by atoms with Crippen molar-refractivity contribution in [3.8, 4) is 0 Å². The number of benzene rings is 1. The van der Waals surface area contributed by atoms with Crippen molar-refractivity contribution in [2.45, 2.75) is 66.0 Å². The molecular weight excluding hydrogens is 218 g/mol. The van der Waals surface area contributed by atoms with Gasteiger partial charge in [-0.1, -0.05) is 31.9 Å². The summed E-state index contributed by atoms with van der Waals surface area (Å²) in [5.74, 6) is 0.900. The Morgan fingerprint density at radius 2 is 1.78 bits per heavy atom. The fraction of sp³-hybridized carbons (Fsp3) is 0.647. The first kappa shape index (κ1) is 13.6. The van der Waals surface area contributed by atoms with Gasteiger partial charge in [-0.15, -0.1) is 0 Å². The van der Waals surface area contributed by atoms with Gasteiger partial charge in [-0.3, -0.25) is 0 Å². The first-order valence-electron chi connectivity index (χ1n) is 7.36. The van der Waals surface area contributed by atoms with Gasteiger partial charge in [-0.05, 0) is 61.8 Å². The van der Waals surface area contributed by atoms with Gasteiger partial charge in [0.1, 0.15) is 0 Å². The van der Waals surface area contributed by atoms with Crippen molar-refractivity contribution < 1.29 is 0 Å². The molecule has 0 heterocycles. The van der Waals surface area contributed by atoms with Crippen LogP contribution in [0.5, 0.6) is 0 Å². The summed E-state index contributed by atoms with van der Waals surface area (Å²) in [5.41, 5.74) is 5.71. The number of hydrogen-bond acceptors (Lipinski definition) is 1. The van der Waals surface area contributed by atoms with Crippen LogP contribution in [0.4, 0.5) is 0 Å². The van der Waals surface area contributed by atoms with E-state index in [1.54, 1.807) is 0 Å². The van der Waals surface area contributed by atoms with Crippen LogP contribution >= 0.6 is 0 Å². The molecular formula is C17H27N. The van der Waals surface area contributed by atoms with Crippen LogP contribution in [0.3, 0.4) is 0 Å². The first-order valence-corrected chi connectivity index (χ1v) is 7.36. The minimum atomic E-state index is 0.731. The topological polar surface area (TPSA) is 12.0 Å². The van der Waals surface area contributed by atoms with Gasteiger partial charge in [0.2, 0.25) is 0 Å². The third kappa shape index (κ3) is 3.35. The van der Waals surface area contributed by atoms with Crippen molar-refractivity contribution in [2.75, 3.05) is 0 Å². The van der Waals surface area contributed by atoms with Crippen LogP contribution in [0.25, 0.3) is 0 Å². The largest absolute Gasteiger partial charge is 0.310 e. The lowest BCUT2D eigenvalue weighted by molar-refractivity contribution is 0.300. The molecule has 1 fully saturated rings. The van der Waals surface area contributed by atoms with Crippen LogP contribution in [-0.4, -0.2) is 6.04 Å². The van der Waals surface area contributed by atoms with E-state index in [4.69, 9.17) is 0 Å². The third-order valence-electron chi connectivity index (χ3n) is 4.47. The van der Waals surface area contributed by atoms with Crippen LogP contribution in [0.15, 0.2) is 12.1 Å². The summed E-state index contributed by atoms with van der Waals surface area (Å²) < 4.78 is 0. The van der Waals surface area contributed by atoms with E-state index < -0.39 is 0 Å². The molecule has 18 heavy (non-hydrogen) atoms. The van der Waals surface area contributed by atoms with E-state index >= 15 is 0 Å². The van der Waals surface area contributed by atoms with E-state index in [1.807, 2.05) is 0 Å². The monoisotopic (exact) mass is 245 g/mol. The number of nitrogens with one attached hydrogen (secondary N) is 1. The summed E-state index contributed by atoms with van der Waals surface area (Å²) in [5, 5.41) is 3.76. The Kier molecular flexibility index (Phi) is 4.45. The summed E-state index contributed by atoms with van der Waals surface area (Å²) in [6.45, 7) is 10.1. The van der Waals surface area contributed by atoms with E-state index in [0.29, 0.717) is 0 Å². The van der Waals surface area contributed by atoms with Gasteiger partial charge in [0, 0.05) is 12.6 Å². The number of aryl methyl sites for hydroxylation is 3. The van der Waals surface area contributed by atoms with Gasteiger partial charge in [-0.25, -0.2) is 0 Å².